The van der Waals surface area contributed by atoms with Gasteiger partial charge in [0.05, 0.1) is 12.0 Å². The molecule has 1 saturated carbocycles. The van der Waals surface area contributed by atoms with Crippen molar-refractivity contribution in [1.82, 2.24) is 0 Å². The Hall–Kier alpha value is -3.11. The van der Waals surface area contributed by atoms with E-state index in [2.05, 4.69) is 6.07 Å². The van der Waals surface area contributed by atoms with Crippen LogP contribution in [0.15, 0.2) is 66.7 Å². The summed E-state index contributed by atoms with van der Waals surface area (Å²) in [6, 6.07) is 21.8. The van der Waals surface area contributed by atoms with Crippen LogP contribution in [0, 0.1) is 0 Å². The highest BCUT2D eigenvalue weighted by molar-refractivity contribution is 5.95. The van der Waals surface area contributed by atoms with Gasteiger partial charge >= 0.3 is 0 Å². The summed E-state index contributed by atoms with van der Waals surface area (Å²) >= 11 is 0. The molecule has 0 amide bonds. The number of aliphatic hydroxyl groups is 1. The molecule has 0 unspecified atom stereocenters. The lowest BCUT2D eigenvalue weighted by molar-refractivity contribution is -0.120. The number of benzene rings is 3. The molecule has 0 atom stereocenters. The highest BCUT2D eigenvalue weighted by Crippen LogP contribution is 2.51. The molecule has 4 nitrogen and oxygen atoms in total. The van der Waals surface area contributed by atoms with Crippen molar-refractivity contribution in [3.05, 3.63) is 83.4 Å². The van der Waals surface area contributed by atoms with Crippen LogP contribution in [-0.4, -0.2) is 17.7 Å². The van der Waals surface area contributed by atoms with Crippen LogP contribution in [0.25, 0.3) is 11.1 Å². The maximum atomic E-state index is 13.2. The van der Waals surface area contributed by atoms with Gasteiger partial charge in [0.25, 0.3) is 0 Å². The number of carbonyl (C=O) groups excluding carboxylic acids is 1. The number of aliphatic hydroxyl groups excluding tert-OH is 1. The zero-order valence-corrected chi connectivity index (χ0v) is 16.1. The van der Waals surface area contributed by atoms with Gasteiger partial charge in [0.2, 0.25) is 6.79 Å². The van der Waals surface area contributed by atoms with E-state index in [1.807, 2.05) is 60.7 Å². The first kappa shape index (κ1) is 18.0. The summed E-state index contributed by atoms with van der Waals surface area (Å²) in [4.78, 5) is 13.2. The minimum absolute atomic E-state index is 0. The summed E-state index contributed by atoms with van der Waals surface area (Å²) in [5, 5.41) is 9.38. The summed E-state index contributed by atoms with van der Waals surface area (Å²) in [6.07, 6.45) is 2.16. The predicted molar refractivity (Wildman–Crippen MR) is 112 cm³/mol. The Morgan fingerprint density at radius 3 is 2.31 bits per heavy atom. The molecule has 0 radical (unpaired) electrons. The molecule has 1 aliphatic heterocycles. The van der Waals surface area contributed by atoms with Crippen molar-refractivity contribution in [2.24, 2.45) is 0 Å². The minimum atomic E-state index is -0.395. The lowest BCUT2D eigenvalue weighted by Crippen LogP contribution is -2.22. The van der Waals surface area contributed by atoms with E-state index < -0.39 is 5.41 Å². The lowest BCUT2D eigenvalue weighted by Gasteiger charge is -2.15. The fraction of sp³-hybridized carbons (Fsp3) is 0.240. The molecule has 1 fully saturated rings. The van der Waals surface area contributed by atoms with Crippen LogP contribution in [0.5, 0.6) is 11.5 Å². The molecule has 1 N–H and O–H groups in total. The van der Waals surface area contributed by atoms with E-state index in [0.29, 0.717) is 6.42 Å². The Labute approximate surface area is 171 Å². The summed E-state index contributed by atoms with van der Waals surface area (Å²) in [5.74, 6) is 1.72. The van der Waals surface area contributed by atoms with Gasteiger partial charge in [-0.05, 0) is 58.9 Å². The van der Waals surface area contributed by atoms with Crippen LogP contribution in [-0.2, 0) is 23.2 Å². The number of Topliss-reactive ketones (excluding diaryl/α,β-unsaturated/α-hetero) is 1. The normalized spacial score (nSPS) is 15.9. The van der Waals surface area contributed by atoms with Crippen LogP contribution in [0.4, 0.5) is 0 Å². The van der Waals surface area contributed by atoms with Crippen molar-refractivity contribution >= 4 is 5.78 Å². The Kier molecular flexibility index (Phi) is 4.36. The molecule has 148 valence electrons. The monoisotopic (exact) mass is 388 g/mol. The summed E-state index contributed by atoms with van der Waals surface area (Å²) < 4.78 is 10.9. The summed E-state index contributed by atoms with van der Waals surface area (Å²) in [7, 11) is 0. The molecule has 0 saturated heterocycles. The van der Waals surface area contributed by atoms with Crippen LogP contribution in [0.2, 0.25) is 0 Å². The number of hydrogen-bond donors (Lipinski definition) is 1. The van der Waals surface area contributed by atoms with E-state index in [4.69, 9.17) is 9.47 Å². The largest absolute Gasteiger partial charge is 0.454 e. The molecule has 0 aromatic heterocycles. The molecule has 29 heavy (non-hydrogen) atoms. The number of hydrogen-bond acceptors (Lipinski definition) is 4. The van der Waals surface area contributed by atoms with E-state index in [1.165, 1.54) is 0 Å². The molecule has 2 aliphatic rings. The third kappa shape index (κ3) is 3.30. The van der Waals surface area contributed by atoms with Gasteiger partial charge in [-0.25, -0.2) is 0 Å². The molecular weight excluding hydrogens is 364 g/mol. The second-order valence-electron chi connectivity index (χ2n) is 7.81. The fourth-order valence-electron chi connectivity index (χ4n) is 4.11. The third-order valence-electron chi connectivity index (χ3n) is 5.94. The molecule has 1 aliphatic carbocycles. The maximum absolute atomic E-state index is 13.2. The Balaban J connectivity index is 0.00000218. The predicted octanol–water partition coefficient (Wildman–Crippen LogP) is 4.66. The van der Waals surface area contributed by atoms with E-state index >= 15 is 0 Å². The number of fused-ring (bicyclic) bond motifs is 1. The molecule has 0 spiro atoms. The second kappa shape index (κ2) is 7.05. The quantitative estimate of drug-likeness (QED) is 0.667. The molecule has 3 aromatic rings. The molecule has 1 heterocycles. The van der Waals surface area contributed by atoms with Crippen molar-refractivity contribution in [2.45, 2.75) is 31.3 Å². The van der Waals surface area contributed by atoms with Crippen LogP contribution < -0.4 is 9.47 Å². The van der Waals surface area contributed by atoms with E-state index in [0.717, 1.165) is 52.2 Å². The summed E-state index contributed by atoms with van der Waals surface area (Å²) in [6.45, 7) is 0.258. The maximum Gasteiger partial charge on any atom is 0.231 e. The molecular formula is C25H24O4. The van der Waals surface area contributed by atoms with Gasteiger partial charge in [-0.3, -0.25) is 4.79 Å². The number of ketones is 1. The first-order chi connectivity index (χ1) is 14.2. The molecule has 0 bridgehead atoms. The van der Waals surface area contributed by atoms with Gasteiger partial charge in [-0.15, -0.1) is 0 Å². The van der Waals surface area contributed by atoms with Crippen molar-refractivity contribution < 1.29 is 20.8 Å². The second-order valence-corrected chi connectivity index (χ2v) is 7.81. The smallest absolute Gasteiger partial charge is 0.231 e. The van der Waals surface area contributed by atoms with Crippen molar-refractivity contribution in [3.63, 3.8) is 0 Å². The molecule has 4 heteroatoms. The molecule has 5 rings (SSSR count). The van der Waals surface area contributed by atoms with Crippen molar-refractivity contribution in [2.75, 3.05) is 6.79 Å². The van der Waals surface area contributed by atoms with Gasteiger partial charge in [0.1, 0.15) is 5.78 Å². The average Bonchev–Trinajstić information content (AvgIpc) is 3.45. The number of rotatable bonds is 6. The SMILES string of the molecule is O=C(Cc1cccc(-c2cccc(CO)c2)c1)C1(c2ccc3c(c2)OCO3)CC1.[HH]. The first-order valence-corrected chi connectivity index (χ1v) is 9.90. The van der Waals surface area contributed by atoms with Gasteiger partial charge in [-0.2, -0.15) is 0 Å². The van der Waals surface area contributed by atoms with Crippen molar-refractivity contribution in [3.8, 4) is 22.6 Å². The number of ether oxygens (including phenoxy) is 2. The Morgan fingerprint density at radius 1 is 0.897 bits per heavy atom. The number of carbonyl (C=O) groups is 1. The zero-order chi connectivity index (χ0) is 19.8. The standard InChI is InChI=1S/C25H22O4.H2/c26-15-18-4-2-6-20(12-18)19-5-1-3-17(11-19)13-24(27)25(9-10-25)21-7-8-22-23(14-21)29-16-28-22;/h1-8,11-12,14,26H,9-10,13,15-16H2;1H. The van der Waals surface area contributed by atoms with Crippen LogP contribution in [0.3, 0.4) is 0 Å². The van der Waals surface area contributed by atoms with Gasteiger partial charge in [0, 0.05) is 7.85 Å². The van der Waals surface area contributed by atoms with E-state index in [-0.39, 0.29) is 20.6 Å². The third-order valence-corrected chi connectivity index (χ3v) is 5.94. The average molecular weight is 388 g/mol. The van der Waals surface area contributed by atoms with Gasteiger partial charge in [-0.1, -0.05) is 48.5 Å². The van der Waals surface area contributed by atoms with Gasteiger partial charge < -0.3 is 14.6 Å². The Bertz CT molecular complexity index is 1090. The summed E-state index contributed by atoms with van der Waals surface area (Å²) in [5.41, 5.74) is 4.62. The van der Waals surface area contributed by atoms with E-state index in [9.17, 15) is 9.90 Å². The zero-order valence-electron chi connectivity index (χ0n) is 16.1. The van der Waals surface area contributed by atoms with Crippen molar-refractivity contribution in [1.29, 1.82) is 0 Å². The highest BCUT2D eigenvalue weighted by Gasteiger charge is 2.50. The van der Waals surface area contributed by atoms with E-state index in [1.54, 1.807) is 0 Å². The topological polar surface area (TPSA) is 55.8 Å². The highest BCUT2D eigenvalue weighted by atomic mass is 16.7. The minimum Gasteiger partial charge on any atom is -0.454 e. The fourth-order valence-corrected chi connectivity index (χ4v) is 4.11. The van der Waals surface area contributed by atoms with Crippen LogP contribution >= 0.6 is 0 Å². The lowest BCUT2D eigenvalue weighted by atomic mass is 9.87. The first-order valence-electron chi connectivity index (χ1n) is 9.90. The van der Waals surface area contributed by atoms with Crippen LogP contribution in [0.1, 0.15) is 31.0 Å². The molecule has 3 aromatic carbocycles. The Morgan fingerprint density at radius 2 is 1.59 bits per heavy atom. The van der Waals surface area contributed by atoms with Gasteiger partial charge in [0.15, 0.2) is 11.5 Å².